The number of amides is 1. The minimum Gasteiger partial charge on any atom is -0.366 e. The summed E-state index contributed by atoms with van der Waals surface area (Å²) < 4.78 is 1.56. The number of carbonyl (C=O) groups is 2. The van der Waals surface area contributed by atoms with Gasteiger partial charge in [0, 0.05) is 17.5 Å². The van der Waals surface area contributed by atoms with Crippen LogP contribution in [-0.2, 0) is 0 Å². The molecular weight excluding hydrogens is 216 g/mol. The Morgan fingerprint density at radius 1 is 1.29 bits per heavy atom. The summed E-state index contributed by atoms with van der Waals surface area (Å²) in [7, 11) is 0. The number of rotatable bonds is 2. The highest BCUT2D eigenvalue weighted by Gasteiger charge is 2.20. The second-order valence-corrected chi connectivity index (χ2v) is 3.92. The molecule has 0 saturated carbocycles. The number of nitrogens with two attached hydrogens (primary N) is 1. The largest absolute Gasteiger partial charge is 0.366 e. The van der Waals surface area contributed by atoms with Gasteiger partial charge in [-0.3, -0.25) is 14.2 Å². The summed E-state index contributed by atoms with van der Waals surface area (Å²) in [5, 5.41) is 0.735. The summed E-state index contributed by atoms with van der Waals surface area (Å²) in [4.78, 5) is 23.4. The van der Waals surface area contributed by atoms with Crippen LogP contribution in [0.15, 0.2) is 24.3 Å². The Balaban J connectivity index is 2.89. The molecule has 0 atom stereocenters. The Kier molecular flexibility index (Phi) is 2.71. The van der Waals surface area contributed by atoms with Crippen LogP contribution in [0.2, 0.25) is 0 Å². The first-order valence-electron chi connectivity index (χ1n) is 5.51. The van der Waals surface area contributed by atoms with Crippen LogP contribution in [0.4, 0.5) is 0 Å². The van der Waals surface area contributed by atoms with Crippen LogP contribution in [0.3, 0.4) is 0 Å². The summed E-state index contributed by atoms with van der Waals surface area (Å²) in [6.07, 6.45) is 0.387. The number of carbonyl (C=O) groups excluding carboxylic acids is 2. The van der Waals surface area contributed by atoms with Gasteiger partial charge < -0.3 is 5.73 Å². The number of benzene rings is 1. The third-order valence-electron chi connectivity index (χ3n) is 2.91. The van der Waals surface area contributed by atoms with Gasteiger partial charge in [-0.1, -0.05) is 25.1 Å². The van der Waals surface area contributed by atoms with E-state index in [2.05, 4.69) is 0 Å². The van der Waals surface area contributed by atoms with E-state index < -0.39 is 5.91 Å². The second kappa shape index (κ2) is 4.05. The van der Waals surface area contributed by atoms with Crippen molar-refractivity contribution in [2.75, 3.05) is 0 Å². The normalized spacial score (nSPS) is 10.7. The zero-order valence-corrected chi connectivity index (χ0v) is 9.86. The second-order valence-electron chi connectivity index (χ2n) is 3.92. The maximum absolute atomic E-state index is 11.9. The molecular formula is C13H14N2O2. The lowest BCUT2D eigenvalue weighted by molar-refractivity contribution is 0.0912. The van der Waals surface area contributed by atoms with Crippen LogP contribution in [-0.4, -0.2) is 16.4 Å². The van der Waals surface area contributed by atoms with Gasteiger partial charge in [0.05, 0.1) is 11.1 Å². The van der Waals surface area contributed by atoms with E-state index in [1.54, 1.807) is 18.4 Å². The molecule has 0 radical (unpaired) electrons. The number of primary amides is 1. The van der Waals surface area contributed by atoms with Crippen LogP contribution in [0.1, 0.15) is 34.2 Å². The van der Waals surface area contributed by atoms with E-state index in [-0.39, 0.29) is 5.91 Å². The van der Waals surface area contributed by atoms with Gasteiger partial charge in [0.1, 0.15) is 0 Å². The third-order valence-corrected chi connectivity index (χ3v) is 2.91. The lowest BCUT2D eigenvalue weighted by Crippen LogP contribution is -2.15. The van der Waals surface area contributed by atoms with E-state index in [0.29, 0.717) is 17.7 Å². The molecule has 2 aromatic rings. The minimum absolute atomic E-state index is 0.0359. The standard InChI is InChI=1S/C13H14N2O2/c1-3-11(16)15-8(2)12(13(14)17)9-6-4-5-7-10(9)15/h4-7H,3H2,1-2H3,(H2,14,17). The molecule has 0 unspecified atom stereocenters. The van der Waals surface area contributed by atoms with Gasteiger partial charge in [-0.2, -0.15) is 0 Å². The number of para-hydroxylation sites is 1. The van der Waals surface area contributed by atoms with Crippen molar-refractivity contribution >= 4 is 22.7 Å². The van der Waals surface area contributed by atoms with E-state index in [0.717, 1.165) is 10.9 Å². The molecule has 0 bridgehead atoms. The van der Waals surface area contributed by atoms with E-state index in [1.165, 1.54) is 0 Å². The summed E-state index contributed by atoms with van der Waals surface area (Å²) in [5.74, 6) is -0.535. The minimum atomic E-state index is -0.499. The number of hydrogen-bond acceptors (Lipinski definition) is 2. The molecule has 2 rings (SSSR count). The molecule has 0 fully saturated rings. The number of hydrogen-bond donors (Lipinski definition) is 1. The SMILES string of the molecule is CCC(=O)n1c(C)c(C(N)=O)c2ccccc21. The van der Waals surface area contributed by atoms with Crippen LogP contribution in [0.5, 0.6) is 0 Å². The monoisotopic (exact) mass is 230 g/mol. The molecule has 0 aliphatic carbocycles. The first-order valence-corrected chi connectivity index (χ1v) is 5.51. The van der Waals surface area contributed by atoms with E-state index in [1.807, 2.05) is 24.3 Å². The summed E-state index contributed by atoms with van der Waals surface area (Å²) in [6.45, 7) is 3.54. The van der Waals surface area contributed by atoms with Crippen molar-refractivity contribution in [3.63, 3.8) is 0 Å². The number of aromatic nitrogens is 1. The summed E-state index contributed by atoms with van der Waals surface area (Å²) >= 11 is 0. The summed E-state index contributed by atoms with van der Waals surface area (Å²) in [6, 6.07) is 7.30. The Bertz CT molecular complexity index is 611. The van der Waals surface area contributed by atoms with Crippen molar-refractivity contribution < 1.29 is 9.59 Å². The van der Waals surface area contributed by atoms with Crippen molar-refractivity contribution in [2.24, 2.45) is 5.73 Å². The predicted molar refractivity (Wildman–Crippen MR) is 66.1 cm³/mol. The zero-order chi connectivity index (χ0) is 12.6. The molecule has 2 N–H and O–H groups in total. The Morgan fingerprint density at radius 2 is 1.94 bits per heavy atom. The molecule has 17 heavy (non-hydrogen) atoms. The molecule has 4 nitrogen and oxygen atoms in total. The average molecular weight is 230 g/mol. The molecule has 1 amide bonds. The highest BCUT2D eigenvalue weighted by atomic mass is 16.2. The lowest BCUT2D eigenvalue weighted by Gasteiger charge is -2.04. The van der Waals surface area contributed by atoms with Crippen molar-refractivity contribution in [1.29, 1.82) is 0 Å². The van der Waals surface area contributed by atoms with Gasteiger partial charge in [0.15, 0.2) is 0 Å². The van der Waals surface area contributed by atoms with Crippen molar-refractivity contribution in [1.82, 2.24) is 4.57 Å². The van der Waals surface area contributed by atoms with Crippen molar-refractivity contribution in [3.8, 4) is 0 Å². The fourth-order valence-corrected chi connectivity index (χ4v) is 2.16. The fourth-order valence-electron chi connectivity index (χ4n) is 2.16. The van der Waals surface area contributed by atoms with Gasteiger partial charge in [-0.05, 0) is 13.0 Å². The molecule has 1 aromatic heterocycles. The molecule has 0 aliphatic rings. The first-order chi connectivity index (χ1) is 8.07. The van der Waals surface area contributed by atoms with Crippen molar-refractivity contribution in [2.45, 2.75) is 20.3 Å². The Morgan fingerprint density at radius 3 is 2.53 bits per heavy atom. The Hall–Kier alpha value is -2.10. The zero-order valence-electron chi connectivity index (χ0n) is 9.86. The average Bonchev–Trinajstić information content (AvgIpc) is 2.60. The van der Waals surface area contributed by atoms with Gasteiger partial charge in [-0.15, -0.1) is 0 Å². The molecule has 1 heterocycles. The van der Waals surface area contributed by atoms with E-state index in [4.69, 9.17) is 5.73 Å². The van der Waals surface area contributed by atoms with E-state index >= 15 is 0 Å². The molecule has 0 spiro atoms. The third kappa shape index (κ3) is 1.62. The highest BCUT2D eigenvalue weighted by molar-refractivity contribution is 6.10. The van der Waals surface area contributed by atoms with Gasteiger partial charge in [0.2, 0.25) is 5.91 Å². The van der Waals surface area contributed by atoms with E-state index in [9.17, 15) is 9.59 Å². The first kappa shape index (κ1) is 11.4. The quantitative estimate of drug-likeness (QED) is 0.858. The molecule has 88 valence electrons. The van der Waals surface area contributed by atoms with Gasteiger partial charge in [0.25, 0.3) is 5.91 Å². The summed E-state index contributed by atoms with van der Waals surface area (Å²) in [5.41, 5.74) is 7.16. The number of fused-ring (bicyclic) bond motifs is 1. The topological polar surface area (TPSA) is 65.1 Å². The van der Waals surface area contributed by atoms with Crippen LogP contribution in [0, 0.1) is 6.92 Å². The van der Waals surface area contributed by atoms with Crippen molar-refractivity contribution in [3.05, 3.63) is 35.5 Å². The lowest BCUT2D eigenvalue weighted by atomic mass is 10.1. The molecule has 4 heteroatoms. The Labute approximate surface area is 99.0 Å². The maximum Gasteiger partial charge on any atom is 0.251 e. The van der Waals surface area contributed by atoms with Gasteiger partial charge in [-0.25, -0.2) is 0 Å². The molecule has 0 saturated heterocycles. The van der Waals surface area contributed by atoms with Crippen LogP contribution >= 0.6 is 0 Å². The predicted octanol–water partition coefficient (Wildman–Crippen LogP) is 2.10. The molecule has 1 aromatic carbocycles. The van der Waals surface area contributed by atoms with Gasteiger partial charge >= 0.3 is 0 Å². The number of nitrogens with zero attached hydrogens (tertiary/aromatic N) is 1. The maximum atomic E-state index is 11.9. The highest BCUT2D eigenvalue weighted by Crippen LogP contribution is 2.25. The van der Waals surface area contributed by atoms with Crippen LogP contribution in [0.25, 0.3) is 10.9 Å². The van der Waals surface area contributed by atoms with Crippen LogP contribution < -0.4 is 5.73 Å². The fraction of sp³-hybridized carbons (Fsp3) is 0.231. The smallest absolute Gasteiger partial charge is 0.251 e. The molecule has 0 aliphatic heterocycles.